The molecule has 0 aliphatic heterocycles. The minimum absolute atomic E-state index is 0.0264. The van der Waals surface area contributed by atoms with Gasteiger partial charge in [-0.25, -0.2) is 9.52 Å². The van der Waals surface area contributed by atoms with Crippen LogP contribution in [-0.2, 0) is 21.5 Å². The van der Waals surface area contributed by atoms with Crippen LogP contribution in [0, 0.1) is 11.8 Å². The summed E-state index contributed by atoms with van der Waals surface area (Å²) in [6.07, 6.45) is -1.05. The Bertz CT molecular complexity index is 598. The summed E-state index contributed by atoms with van der Waals surface area (Å²) in [5, 5.41) is 1.79. The Balaban J connectivity index is 2.67. The first-order valence-corrected chi connectivity index (χ1v) is 7.45. The lowest BCUT2D eigenvalue weighted by Gasteiger charge is -2.06. The summed E-state index contributed by atoms with van der Waals surface area (Å²) in [5.74, 6) is 5.52. The van der Waals surface area contributed by atoms with Gasteiger partial charge in [-0.2, -0.15) is 13.1 Å². The van der Waals surface area contributed by atoms with E-state index in [1.54, 1.807) is 16.2 Å². The summed E-state index contributed by atoms with van der Waals surface area (Å²) in [5.41, 5.74) is 5.97. The zero-order chi connectivity index (χ0) is 14.3. The second-order valence-electron chi connectivity index (χ2n) is 3.18. The number of methoxy groups -OCH3 is 1. The highest BCUT2D eigenvalue weighted by atomic mass is 32.2. The van der Waals surface area contributed by atoms with Gasteiger partial charge >= 0.3 is 16.3 Å². The van der Waals surface area contributed by atoms with Gasteiger partial charge in [-0.05, 0) is 11.4 Å². The molecule has 0 radical (unpaired) electrons. The lowest BCUT2D eigenvalue weighted by molar-refractivity contribution is 0.177. The van der Waals surface area contributed by atoms with Crippen LogP contribution in [0.1, 0.15) is 10.4 Å². The number of nitrogens with two attached hydrogens (primary N) is 1. The van der Waals surface area contributed by atoms with E-state index >= 15 is 0 Å². The van der Waals surface area contributed by atoms with E-state index in [1.165, 1.54) is 11.3 Å². The Morgan fingerprint density at radius 2 is 2.32 bits per heavy atom. The standard InChI is InChI=1S/C10H13N3O4S2/c1-17-10(14)13-19(15,16)12-7-9-8(3-2-5-11)4-6-18-9/h4,6,12H,5,7,11H2,1H3,(H,13,14). The molecule has 0 fully saturated rings. The van der Waals surface area contributed by atoms with Crippen LogP contribution >= 0.6 is 11.3 Å². The van der Waals surface area contributed by atoms with Gasteiger partial charge in [0, 0.05) is 17.0 Å². The van der Waals surface area contributed by atoms with Crippen molar-refractivity contribution in [3.8, 4) is 11.8 Å². The van der Waals surface area contributed by atoms with Crippen molar-refractivity contribution in [2.75, 3.05) is 13.7 Å². The Hall–Kier alpha value is -1.60. The summed E-state index contributed by atoms with van der Waals surface area (Å²) < 4.78 is 31.0. The van der Waals surface area contributed by atoms with E-state index in [9.17, 15) is 13.2 Å². The van der Waals surface area contributed by atoms with Crippen molar-refractivity contribution in [1.29, 1.82) is 0 Å². The zero-order valence-electron chi connectivity index (χ0n) is 10.1. The third kappa shape index (κ3) is 5.27. The van der Waals surface area contributed by atoms with Crippen LogP contribution in [0.4, 0.5) is 4.79 Å². The molecule has 7 nitrogen and oxygen atoms in total. The monoisotopic (exact) mass is 303 g/mol. The lowest BCUT2D eigenvalue weighted by Crippen LogP contribution is -2.39. The third-order valence-electron chi connectivity index (χ3n) is 1.90. The van der Waals surface area contributed by atoms with Crippen molar-refractivity contribution in [2.45, 2.75) is 6.54 Å². The molecule has 0 aliphatic carbocycles. The summed E-state index contributed by atoms with van der Waals surface area (Å²) in [6.45, 7) is 0.253. The summed E-state index contributed by atoms with van der Waals surface area (Å²) in [7, 11) is -2.87. The van der Waals surface area contributed by atoms with Crippen LogP contribution in [0.15, 0.2) is 11.4 Å². The Labute approximate surface area is 115 Å². The van der Waals surface area contributed by atoms with Crippen molar-refractivity contribution < 1.29 is 17.9 Å². The third-order valence-corrected chi connectivity index (χ3v) is 3.78. The van der Waals surface area contributed by atoms with Crippen LogP contribution in [0.3, 0.4) is 0 Å². The normalized spacial score (nSPS) is 10.4. The zero-order valence-corrected chi connectivity index (χ0v) is 11.7. The summed E-state index contributed by atoms with van der Waals surface area (Å²) in [4.78, 5) is 11.5. The number of carbonyl (C=O) groups excluding carboxylic acids is 1. The van der Waals surface area contributed by atoms with E-state index < -0.39 is 16.3 Å². The predicted molar refractivity (Wildman–Crippen MR) is 71.6 cm³/mol. The first kappa shape index (κ1) is 15.5. The van der Waals surface area contributed by atoms with Crippen LogP contribution in [0.5, 0.6) is 0 Å². The fourth-order valence-corrected chi connectivity index (χ4v) is 2.65. The number of ether oxygens (including phenoxy) is 1. The molecule has 0 aromatic carbocycles. The van der Waals surface area contributed by atoms with Crippen LogP contribution in [0.25, 0.3) is 0 Å². The van der Waals surface area contributed by atoms with Gasteiger partial charge in [-0.1, -0.05) is 11.8 Å². The van der Waals surface area contributed by atoms with E-state index in [-0.39, 0.29) is 13.1 Å². The fourth-order valence-electron chi connectivity index (χ4n) is 1.08. The number of rotatable bonds is 4. The molecule has 0 bridgehead atoms. The van der Waals surface area contributed by atoms with Gasteiger partial charge in [0.25, 0.3) is 0 Å². The van der Waals surface area contributed by atoms with Crippen LogP contribution < -0.4 is 15.2 Å². The first-order valence-electron chi connectivity index (χ1n) is 5.09. The van der Waals surface area contributed by atoms with E-state index in [2.05, 4.69) is 21.3 Å². The fraction of sp³-hybridized carbons (Fsp3) is 0.300. The van der Waals surface area contributed by atoms with E-state index in [1.807, 2.05) is 0 Å². The topological polar surface area (TPSA) is 111 Å². The van der Waals surface area contributed by atoms with Crippen molar-refractivity contribution in [1.82, 2.24) is 9.44 Å². The van der Waals surface area contributed by atoms with Gasteiger partial charge in [-0.15, -0.1) is 11.3 Å². The quantitative estimate of drug-likeness (QED) is 0.664. The molecular weight excluding hydrogens is 290 g/mol. The molecule has 1 heterocycles. The van der Waals surface area contributed by atoms with E-state index in [0.29, 0.717) is 5.56 Å². The minimum atomic E-state index is -3.95. The van der Waals surface area contributed by atoms with E-state index in [0.717, 1.165) is 12.0 Å². The van der Waals surface area contributed by atoms with Gasteiger partial charge in [0.1, 0.15) is 0 Å². The molecule has 1 rings (SSSR count). The van der Waals surface area contributed by atoms with Gasteiger partial charge in [0.15, 0.2) is 0 Å². The number of hydrogen-bond acceptors (Lipinski definition) is 6. The lowest BCUT2D eigenvalue weighted by atomic mass is 10.2. The molecule has 104 valence electrons. The first-order chi connectivity index (χ1) is 8.98. The predicted octanol–water partition coefficient (Wildman–Crippen LogP) is -0.251. The number of thiophene rings is 1. The molecule has 1 amide bonds. The van der Waals surface area contributed by atoms with Crippen LogP contribution in [0.2, 0.25) is 0 Å². The SMILES string of the molecule is COC(=O)NS(=O)(=O)NCc1sccc1C#CCN. The molecule has 0 saturated carbocycles. The molecule has 0 aliphatic rings. The second kappa shape index (κ2) is 7.10. The average Bonchev–Trinajstić information content (AvgIpc) is 2.80. The maximum absolute atomic E-state index is 11.4. The maximum atomic E-state index is 11.4. The smallest absolute Gasteiger partial charge is 0.421 e. The van der Waals surface area contributed by atoms with Crippen molar-refractivity contribution in [3.63, 3.8) is 0 Å². The molecule has 0 atom stereocenters. The Morgan fingerprint density at radius 1 is 1.58 bits per heavy atom. The largest absolute Gasteiger partial charge is 0.452 e. The number of amides is 1. The molecule has 9 heteroatoms. The molecule has 4 N–H and O–H groups in total. The number of nitrogens with one attached hydrogen (secondary N) is 2. The Kier molecular flexibility index (Phi) is 5.78. The highest BCUT2D eigenvalue weighted by Gasteiger charge is 2.14. The number of hydrogen-bond donors (Lipinski definition) is 3. The molecular formula is C10H13N3O4S2. The number of carbonyl (C=O) groups is 1. The molecule has 1 aromatic rings. The summed E-state index contributed by atoms with van der Waals surface area (Å²) >= 11 is 1.35. The highest BCUT2D eigenvalue weighted by Crippen LogP contribution is 2.15. The second-order valence-corrected chi connectivity index (χ2v) is 5.68. The van der Waals surface area contributed by atoms with Gasteiger partial charge in [0.05, 0.1) is 13.7 Å². The summed E-state index contributed by atoms with van der Waals surface area (Å²) in [6, 6.07) is 1.77. The van der Waals surface area contributed by atoms with Gasteiger partial charge < -0.3 is 10.5 Å². The molecule has 19 heavy (non-hydrogen) atoms. The van der Waals surface area contributed by atoms with Crippen molar-refractivity contribution in [3.05, 3.63) is 21.9 Å². The van der Waals surface area contributed by atoms with Crippen molar-refractivity contribution in [2.24, 2.45) is 5.73 Å². The van der Waals surface area contributed by atoms with Crippen molar-refractivity contribution >= 4 is 27.6 Å². The minimum Gasteiger partial charge on any atom is -0.452 e. The maximum Gasteiger partial charge on any atom is 0.421 e. The molecule has 1 aromatic heterocycles. The van der Waals surface area contributed by atoms with Gasteiger partial charge in [-0.3, -0.25) is 0 Å². The van der Waals surface area contributed by atoms with Crippen LogP contribution in [-0.4, -0.2) is 28.2 Å². The van der Waals surface area contributed by atoms with E-state index in [4.69, 9.17) is 5.73 Å². The highest BCUT2D eigenvalue weighted by molar-refractivity contribution is 7.88. The molecule has 0 unspecified atom stereocenters. The Morgan fingerprint density at radius 3 is 2.95 bits per heavy atom. The molecule has 0 saturated heterocycles. The average molecular weight is 303 g/mol. The molecule has 0 spiro atoms. The van der Waals surface area contributed by atoms with Gasteiger partial charge in [0.2, 0.25) is 0 Å².